The van der Waals surface area contributed by atoms with Gasteiger partial charge in [-0.3, -0.25) is 4.79 Å². The average molecular weight is 374 g/mol. The Morgan fingerprint density at radius 1 is 1.38 bits per heavy atom. The molecular weight excluding hydrogens is 356 g/mol. The maximum atomic E-state index is 12.6. The number of imidazole rings is 1. The smallest absolute Gasteiger partial charge is 0.330 e. The number of thiazole rings is 1. The summed E-state index contributed by atoms with van der Waals surface area (Å²) < 4.78 is 12.9. The highest BCUT2D eigenvalue weighted by atomic mass is 32.1. The normalized spacial score (nSPS) is 11.9. The van der Waals surface area contributed by atoms with Gasteiger partial charge in [0.2, 0.25) is 0 Å². The molecule has 1 unspecified atom stereocenters. The van der Waals surface area contributed by atoms with Crippen molar-refractivity contribution in [1.29, 1.82) is 0 Å². The van der Waals surface area contributed by atoms with E-state index in [1.54, 1.807) is 43.4 Å². The van der Waals surface area contributed by atoms with Gasteiger partial charge < -0.3 is 19.4 Å². The molecule has 3 aromatic rings. The molecule has 0 fully saturated rings. The molecule has 0 aliphatic heterocycles. The van der Waals surface area contributed by atoms with Crippen LogP contribution in [0.2, 0.25) is 0 Å². The number of ether oxygens (including phenoxy) is 2. The predicted octanol–water partition coefficient (Wildman–Crippen LogP) is 1.86. The third kappa shape index (κ3) is 3.83. The zero-order valence-corrected chi connectivity index (χ0v) is 15.2. The summed E-state index contributed by atoms with van der Waals surface area (Å²) in [6.45, 7) is 2.17. The van der Waals surface area contributed by atoms with Crippen LogP contribution in [0.5, 0.6) is 5.75 Å². The number of carbonyl (C=O) groups is 2. The summed E-state index contributed by atoms with van der Waals surface area (Å²) in [6, 6.07) is 4.64. The Morgan fingerprint density at radius 3 is 2.92 bits per heavy atom. The summed E-state index contributed by atoms with van der Waals surface area (Å²) in [7, 11) is 1.55. The topological polar surface area (TPSA) is 95.3 Å². The van der Waals surface area contributed by atoms with E-state index in [-0.39, 0.29) is 18.2 Å². The average Bonchev–Trinajstić information content (AvgIpc) is 3.30. The van der Waals surface area contributed by atoms with Crippen molar-refractivity contribution < 1.29 is 19.1 Å². The van der Waals surface area contributed by atoms with Gasteiger partial charge in [0.25, 0.3) is 5.91 Å². The summed E-state index contributed by atoms with van der Waals surface area (Å²) in [5.41, 5.74) is 0.618. The number of methoxy groups -OCH3 is 1. The van der Waals surface area contributed by atoms with Crippen LogP contribution in [0.15, 0.2) is 36.9 Å². The van der Waals surface area contributed by atoms with Crippen LogP contribution in [0.3, 0.4) is 0 Å². The molecule has 1 aromatic carbocycles. The van der Waals surface area contributed by atoms with Gasteiger partial charge in [0.15, 0.2) is 5.01 Å². The third-order valence-electron chi connectivity index (χ3n) is 3.63. The summed E-state index contributed by atoms with van der Waals surface area (Å²) >= 11 is 1.24. The molecule has 8 nitrogen and oxygen atoms in total. The van der Waals surface area contributed by atoms with Gasteiger partial charge in [-0.25, -0.2) is 14.8 Å². The number of nitrogens with one attached hydrogen (secondary N) is 1. The molecule has 2 heterocycles. The second kappa shape index (κ2) is 7.96. The van der Waals surface area contributed by atoms with Gasteiger partial charge in [-0.05, 0) is 19.1 Å². The molecule has 0 aliphatic rings. The minimum atomic E-state index is -0.842. The van der Waals surface area contributed by atoms with Gasteiger partial charge in [0.05, 0.1) is 31.3 Å². The Hall–Kier alpha value is -2.94. The van der Waals surface area contributed by atoms with Crippen molar-refractivity contribution >= 4 is 33.4 Å². The Labute approximate surface area is 153 Å². The standard InChI is InChI=1S/C17H18N4O4S/c1-3-25-17(23)11(9-21-8-7-18-10-21)19-15(22)16-20-14-12(24-2)5-4-6-13(14)26-16/h4-8,10-11H,3,9H2,1-2H3,(H,19,22). The largest absolute Gasteiger partial charge is 0.494 e. The van der Waals surface area contributed by atoms with Crippen LogP contribution >= 0.6 is 11.3 Å². The van der Waals surface area contributed by atoms with Crippen molar-refractivity contribution in [3.05, 3.63) is 41.9 Å². The van der Waals surface area contributed by atoms with Crippen LogP contribution in [-0.4, -0.2) is 46.2 Å². The Balaban J connectivity index is 1.81. The van der Waals surface area contributed by atoms with E-state index < -0.39 is 17.9 Å². The number of esters is 1. The molecule has 1 N–H and O–H groups in total. The highest BCUT2D eigenvalue weighted by Gasteiger charge is 2.25. The van der Waals surface area contributed by atoms with E-state index in [1.165, 1.54) is 11.3 Å². The quantitative estimate of drug-likeness (QED) is 0.634. The van der Waals surface area contributed by atoms with E-state index in [0.29, 0.717) is 11.3 Å². The lowest BCUT2D eigenvalue weighted by atomic mass is 10.3. The zero-order valence-electron chi connectivity index (χ0n) is 14.3. The van der Waals surface area contributed by atoms with Gasteiger partial charge in [-0.15, -0.1) is 11.3 Å². The molecule has 0 bridgehead atoms. The van der Waals surface area contributed by atoms with E-state index >= 15 is 0 Å². The first-order chi connectivity index (χ1) is 12.6. The van der Waals surface area contributed by atoms with E-state index in [9.17, 15) is 9.59 Å². The number of carbonyl (C=O) groups excluding carboxylic acids is 2. The molecule has 3 rings (SSSR count). The van der Waals surface area contributed by atoms with Crippen LogP contribution in [-0.2, 0) is 16.1 Å². The molecule has 0 saturated carbocycles. The molecule has 0 aliphatic carbocycles. The molecule has 1 atom stereocenters. The fourth-order valence-corrected chi connectivity index (χ4v) is 3.32. The lowest BCUT2D eigenvalue weighted by Gasteiger charge is -2.17. The Bertz CT molecular complexity index is 907. The van der Waals surface area contributed by atoms with E-state index in [4.69, 9.17) is 9.47 Å². The monoisotopic (exact) mass is 374 g/mol. The van der Waals surface area contributed by atoms with Crippen molar-refractivity contribution in [2.24, 2.45) is 0 Å². The molecule has 1 amide bonds. The summed E-state index contributed by atoms with van der Waals surface area (Å²) in [5.74, 6) is -0.349. The molecule has 0 radical (unpaired) electrons. The minimum absolute atomic E-state index is 0.221. The number of para-hydroxylation sites is 1. The van der Waals surface area contributed by atoms with E-state index in [0.717, 1.165) is 4.70 Å². The van der Waals surface area contributed by atoms with Crippen LogP contribution in [0.4, 0.5) is 0 Å². The zero-order chi connectivity index (χ0) is 18.5. The van der Waals surface area contributed by atoms with Crippen LogP contribution in [0, 0.1) is 0 Å². The fraction of sp³-hybridized carbons (Fsp3) is 0.294. The molecule has 0 saturated heterocycles. The molecule has 136 valence electrons. The van der Waals surface area contributed by atoms with Crippen molar-refractivity contribution in [2.75, 3.05) is 13.7 Å². The van der Waals surface area contributed by atoms with Crippen LogP contribution < -0.4 is 10.1 Å². The SMILES string of the molecule is CCOC(=O)C(Cn1ccnc1)NC(=O)c1nc2c(OC)cccc2s1. The van der Waals surface area contributed by atoms with Gasteiger partial charge in [0, 0.05) is 12.4 Å². The maximum absolute atomic E-state index is 12.6. The number of fused-ring (bicyclic) bond motifs is 1. The number of amides is 1. The maximum Gasteiger partial charge on any atom is 0.330 e. The lowest BCUT2D eigenvalue weighted by Crippen LogP contribution is -2.44. The first-order valence-corrected chi connectivity index (χ1v) is 8.80. The first kappa shape index (κ1) is 17.9. The van der Waals surface area contributed by atoms with Crippen molar-refractivity contribution in [1.82, 2.24) is 19.9 Å². The van der Waals surface area contributed by atoms with Crippen molar-refractivity contribution in [2.45, 2.75) is 19.5 Å². The van der Waals surface area contributed by atoms with Crippen LogP contribution in [0.25, 0.3) is 10.2 Å². The molecule has 2 aromatic heterocycles. The van der Waals surface area contributed by atoms with Gasteiger partial charge in [-0.1, -0.05) is 6.07 Å². The number of benzene rings is 1. The summed E-state index contributed by atoms with van der Waals surface area (Å²) in [5, 5.41) is 2.95. The number of rotatable bonds is 7. The van der Waals surface area contributed by atoms with Gasteiger partial charge in [-0.2, -0.15) is 0 Å². The third-order valence-corrected chi connectivity index (χ3v) is 4.64. The Morgan fingerprint density at radius 2 is 2.23 bits per heavy atom. The fourth-order valence-electron chi connectivity index (χ4n) is 2.43. The number of nitrogens with zero attached hydrogens (tertiary/aromatic N) is 3. The molecule has 0 spiro atoms. The molecular formula is C17H18N4O4S. The first-order valence-electron chi connectivity index (χ1n) is 7.99. The van der Waals surface area contributed by atoms with Gasteiger partial charge in [0.1, 0.15) is 17.3 Å². The summed E-state index contributed by atoms with van der Waals surface area (Å²) in [6.07, 6.45) is 4.88. The van der Waals surface area contributed by atoms with E-state index in [2.05, 4.69) is 15.3 Å². The number of aromatic nitrogens is 3. The van der Waals surface area contributed by atoms with Gasteiger partial charge >= 0.3 is 5.97 Å². The van der Waals surface area contributed by atoms with E-state index in [1.807, 2.05) is 12.1 Å². The van der Waals surface area contributed by atoms with Crippen molar-refractivity contribution in [3.63, 3.8) is 0 Å². The lowest BCUT2D eigenvalue weighted by molar-refractivity contribution is -0.145. The predicted molar refractivity (Wildman–Crippen MR) is 96.3 cm³/mol. The second-order valence-electron chi connectivity index (χ2n) is 5.36. The molecule has 26 heavy (non-hydrogen) atoms. The molecule has 9 heteroatoms. The Kier molecular flexibility index (Phi) is 5.47. The van der Waals surface area contributed by atoms with Crippen molar-refractivity contribution in [3.8, 4) is 5.75 Å². The minimum Gasteiger partial charge on any atom is -0.494 e. The number of hydrogen-bond donors (Lipinski definition) is 1. The second-order valence-corrected chi connectivity index (χ2v) is 6.39. The highest BCUT2D eigenvalue weighted by Crippen LogP contribution is 2.29. The highest BCUT2D eigenvalue weighted by molar-refractivity contribution is 7.20. The van der Waals surface area contributed by atoms with Crippen LogP contribution in [0.1, 0.15) is 16.7 Å². The summed E-state index contributed by atoms with van der Waals surface area (Å²) in [4.78, 5) is 33.1. The number of hydrogen-bond acceptors (Lipinski definition) is 7.